The highest BCUT2D eigenvalue weighted by atomic mass is 35.5. The van der Waals surface area contributed by atoms with Crippen molar-refractivity contribution in [3.05, 3.63) is 70.6 Å². The lowest BCUT2D eigenvalue weighted by Crippen LogP contribution is -1.89. The Bertz CT molecular complexity index is 1020. The Balaban J connectivity index is 1.69. The molecule has 0 aliphatic heterocycles. The molecule has 0 aliphatic carbocycles. The van der Waals surface area contributed by atoms with E-state index in [1.165, 1.54) is 4.40 Å². The third kappa shape index (κ3) is 2.55. The first-order valence-corrected chi connectivity index (χ1v) is 7.70. The van der Waals surface area contributed by atoms with Crippen molar-refractivity contribution in [1.82, 2.24) is 19.6 Å². The number of aromatic nitrogens is 4. The Morgan fingerprint density at radius 2 is 1.96 bits per heavy atom. The molecule has 3 heterocycles. The van der Waals surface area contributed by atoms with Gasteiger partial charge in [0.1, 0.15) is 5.65 Å². The van der Waals surface area contributed by atoms with E-state index in [4.69, 9.17) is 16.0 Å². The summed E-state index contributed by atoms with van der Waals surface area (Å²) in [6.45, 7) is 1.87. The van der Waals surface area contributed by atoms with Crippen LogP contribution in [-0.4, -0.2) is 19.6 Å². The fourth-order valence-corrected chi connectivity index (χ4v) is 2.63. The van der Waals surface area contributed by atoms with E-state index in [0.717, 1.165) is 11.1 Å². The maximum Gasteiger partial charge on any atom is 0.271 e. The highest BCUT2D eigenvalue weighted by Crippen LogP contribution is 2.24. The average Bonchev–Trinajstić information content (AvgIpc) is 3.16. The van der Waals surface area contributed by atoms with Crippen molar-refractivity contribution in [2.75, 3.05) is 0 Å². The molecule has 24 heavy (non-hydrogen) atoms. The number of hydrogen-bond acceptors (Lipinski definition) is 4. The number of imidazole rings is 1. The second-order valence-electron chi connectivity index (χ2n) is 5.44. The summed E-state index contributed by atoms with van der Waals surface area (Å²) < 4.78 is 21.5. The van der Waals surface area contributed by atoms with Crippen molar-refractivity contribution in [1.29, 1.82) is 0 Å². The molecule has 7 heteroatoms. The Kier molecular flexibility index (Phi) is 3.54. The summed E-state index contributed by atoms with van der Waals surface area (Å²) in [5.74, 6) is -0.0598. The van der Waals surface area contributed by atoms with Gasteiger partial charge in [0.05, 0.1) is 6.42 Å². The fraction of sp³-hybridized carbons (Fsp3) is 0.118. The van der Waals surface area contributed by atoms with E-state index < -0.39 is 5.95 Å². The van der Waals surface area contributed by atoms with Crippen LogP contribution in [0.4, 0.5) is 4.39 Å². The van der Waals surface area contributed by atoms with Gasteiger partial charge in [-0.1, -0.05) is 29.8 Å². The Hall–Kier alpha value is -2.73. The van der Waals surface area contributed by atoms with Gasteiger partial charge in [0, 0.05) is 11.2 Å². The predicted molar refractivity (Wildman–Crippen MR) is 87.4 cm³/mol. The normalized spacial score (nSPS) is 11.3. The molecule has 0 fully saturated rings. The lowest BCUT2D eigenvalue weighted by Gasteiger charge is -1.96. The summed E-state index contributed by atoms with van der Waals surface area (Å²) in [5, 5.41) is 8.57. The van der Waals surface area contributed by atoms with E-state index in [9.17, 15) is 4.39 Å². The van der Waals surface area contributed by atoms with E-state index in [1.807, 2.05) is 25.1 Å². The smallest absolute Gasteiger partial charge is 0.271 e. The van der Waals surface area contributed by atoms with Gasteiger partial charge in [-0.05, 0) is 36.2 Å². The number of aryl methyl sites for hydroxylation is 1. The standard InChI is InChI=1S/C17H12ClFN4O/c1-10-3-2-8-23-15(19)14(20-16(10)23)17-22-21-13(24-17)9-11-4-6-12(18)7-5-11/h2-8H,9H2,1H3. The number of rotatable bonds is 3. The maximum atomic E-state index is 14.5. The van der Waals surface area contributed by atoms with Crippen molar-refractivity contribution in [2.24, 2.45) is 0 Å². The summed E-state index contributed by atoms with van der Waals surface area (Å²) in [5.41, 5.74) is 2.42. The molecule has 1 aromatic carbocycles. The largest absolute Gasteiger partial charge is 0.419 e. The number of hydrogen-bond donors (Lipinski definition) is 0. The van der Waals surface area contributed by atoms with Crippen LogP contribution in [-0.2, 0) is 6.42 Å². The average molecular weight is 343 g/mol. The van der Waals surface area contributed by atoms with Crippen LogP contribution < -0.4 is 0 Å². The minimum Gasteiger partial charge on any atom is -0.419 e. The van der Waals surface area contributed by atoms with E-state index in [-0.39, 0.29) is 11.6 Å². The van der Waals surface area contributed by atoms with Gasteiger partial charge in [0.2, 0.25) is 11.8 Å². The quantitative estimate of drug-likeness (QED) is 0.563. The van der Waals surface area contributed by atoms with Gasteiger partial charge in [-0.3, -0.25) is 4.40 Å². The fourth-order valence-electron chi connectivity index (χ4n) is 2.51. The molecule has 5 nitrogen and oxygen atoms in total. The second kappa shape index (κ2) is 5.72. The summed E-state index contributed by atoms with van der Waals surface area (Å²) >= 11 is 5.86. The van der Waals surface area contributed by atoms with Crippen LogP contribution in [0.1, 0.15) is 17.0 Å². The van der Waals surface area contributed by atoms with Gasteiger partial charge in [-0.15, -0.1) is 10.2 Å². The Morgan fingerprint density at radius 3 is 2.71 bits per heavy atom. The highest BCUT2D eigenvalue weighted by molar-refractivity contribution is 6.30. The predicted octanol–water partition coefficient (Wildman–Crippen LogP) is 4.08. The lowest BCUT2D eigenvalue weighted by atomic mass is 10.1. The van der Waals surface area contributed by atoms with Gasteiger partial charge < -0.3 is 4.42 Å². The van der Waals surface area contributed by atoms with Crippen molar-refractivity contribution >= 4 is 17.2 Å². The van der Waals surface area contributed by atoms with Crippen molar-refractivity contribution in [2.45, 2.75) is 13.3 Å². The molecule has 0 saturated heterocycles. The van der Waals surface area contributed by atoms with Crippen LogP contribution in [0.3, 0.4) is 0 Å². The summed E-state index contributed by atoms with van der Waals surface area (Å²) in [7, 11) is 0. The molecule has 3 aromatic heterocycles. The zero-order chi connectivity index (χ0) is 16.7. The zero-order valence-electron chi connectivity index (χ0n) is 12.7. The Morgan fingerprint density at radius 1 is 1.17 bits per heavy atom. The SMILES string of the molecule is Cc1cccn2c(F)c(-c3nnc(Cc4ccc(Cl)cc4)o3)nc12. The molecule has 0 saturated carbocycles. The van der Waals surface area contributed by atoms with Crippen LogP contribution in [0.25, 0.3) is 17.2 Å². The molecule has 0 aliphatic rings. The third-order valence-electron chi connectivity index (χ3n) is 3.72. The molecule has 4 aromatic rings. The summed E-state index contributed by atoms with van der Waals surface area (Å²) in [6.07, 6.45) is 2.05. The van der Waals surface area contributed by atoms with E-state index in [2.05, 4.69) is 15.2 Å². The molecule has 120 valence electrons. The molecule has 0 spiro atoms. The minimum atomic E-state index is -0.518. The minimum absolute atomic E-state index is 0.0548. The zero-order valence-corrected chi connectivity index (χ0v) is 13.5. The second-order valence-corrected chi connectivity index (χ2v) is 5.88. The van der Waals surface area contributed by atoms with Crippen LogP contribution >= 0.6 is 11.6 Å². The molecule has 4 rings (SSSR count). The van der Waals surface area contributed by atoms with Crippen LogP contribution in [0.5, 0.6) is 0 Å². The molecule has 0 bridgehead atoms. The Labute approximate surface area is 141 Å². The van der Waals surface area contributed by atoms with E-state index >= 15 is 0 Å². The molecule has 0 N–H and O–H groups in total. The van der Waals surface area contributed by atoms with Crippen molar-refractivity contribution < 1.29 is 8.81 Å². The van der Waals surface area contributed by atoms with Gasteiger partial charge in [-0.2, -0.15) is 4.39 Å². The number of fused-ring (bicyclic) bond motifs is 1. The number of halogens is 2. The topological polar surface area (TPSA) is 56.2 Å². The third-order valence-corrected chi connectivity index (χ3v) is 3.98. The molecule has 0 unspecified atom stereocenters. The number of pyridine rings is 1. The van der Waals surface area contributed by atoms with Crippen molar-refractivity contribution in [3.8, 4) is 11.6 Å². The summed E-state index contributed by atoms with van der Waals surface area (Å²) in [6, 6.07) is 11.0. The highest BCUT2D eigenvalue weighted by Gasteiger charge is 2.20. The van der Waals surface area contributed by atoms with Crippen LogP contribution in [0.2, 0.25) is 5.02 Å². The first kappa shape index (κ1) is 14.8. The molecule has 0 radical (unpaired) electrons. The van der Waals surface area contributed by atoms with Gasteiger partial charge >= 0.3 is 0 Å². The molecular formula is C17H12ClFN4O. The molecular weight excluding hydrogens is 331 g/mol. The maximum absolute atomic E-state index is 14.5. The number of benzene rings is 1. The molecule has 0 amide bonds. The summed E-state index contributed by atoms with van der Waals surface area (Å²) in [4.78, 5) is 4.29. The lowest BCUT2D eigenvalue weighted by molar-refractivity contribution is 0.507. The first-order chi connectivity index (χ1) is 11.6. The van der Waals surface area contributed by atoms with Gasteiger partial charge in [0.25, 0.3) is 5.89 Å². The van der Waals surface area contributed by atoms with Gasteiger partial charge in [0.15, 0.2) is 5.69 Å². The van der Waals surface area contributed by atoms with Gasteiger partial charge in [-0.25, -0.2) is 4.98 Å². The van der Waals surface area contributed by atoms with E-state index in [0.29, 0.717) is 23.0 Å². The monoisotopic (exact) mass is 342 g/mol. The first-order valence-electron chi connectivity index (χ1n) is 7.32. The van der Waals surface area contributed by atoms with Crippen LogP contribution in [0, 0.1) is 12.9 Å². The van der Waals surface area contributed by atoms with Crippen LogP contribution in [0.15, 0.2) is 47.0 Å². The number of nitrogens with zero attached hydrogens (tertiary/aromatic N) is 4. The van der Waals surface area contributed by atoms with E-state index in [1.54, 1.807) is 24.4 Å². The molecule has 0 atom stereocenters. The van der Waals surface area contributed by atoms with Crippen molar-refractivity contribution in [3.63, 3.8) is 0 Å².